The third-order valence-electron chi connectivity index (χ3n) is 2.82. The van der Waals surface area contributed by atoms with Crippen molar-refractivity contribution < 1.29 is 19.1 Å². The van der Waals surface area contributed by atoms with Crippen molar-refractivity contribution in [3.8, 4) is 0 Å². The molecule has 1 aromatic carbocycles. The number of halogens is 1. The molecular weight excluding hydrogens is 352 g/mol. The summed E-state index contributed by atoms with van der Waals surface area (Å²) >= 11 is 7.28. The first kappa shape index (κ1) is 20.3. The summed E-state index contributed by atoms with van der Waals surface area (Å²) in [6.45, 7) is 2.03. The van der Waals surface area contributed by atoms with Crippen LogP contribution in [-0.2, 0) is 14.3 Å². The Balaban J connectivity index is 2.13. The quantitative estimate of drug-likeness (QED) is 0.395. The second-order valence-corrected chi connectivity index (χ2v) is 6.48. The molecule has 0 aliphatic rings. The highest BCUT2D eigenvalue weighted by Crippen LogP contribution is 2.20. The number of nitrogens with one attached hydrogen (secondary N) is 2. The fraction of sp³-hybridized carbons (Fsp3) is 0.438. The topological polar surface area (TPSA) is 84.5 Å². The molecule has 8 heteroatoms. The van der Waals surface area contributed by atoms with E-state index in [4.69, 9.17) is 16.3 Å². The van der Waals surface area contributed by atoms with Crippen LogP contribution >= 0.6 is 23.4 Å². The molecule has 0 aliphatic heterocycles. The van der Waals surface area contributed by atoms with Gasteiger partial charge in [0.05, 0.1) is 6.42 Å². The molecule has 24 heavy (non-hydrogen) atoms. The summed E-state index contributed by atoms with van der Waals surface area (Å²) in [4.78, 5) is 35.3. The lowest BCUT2D eigenvalue weighted by Gasteiger charge is -2.07. The van der Waals surface area contributed by atoms with Gasteiger partial charge in [0.2, 0.25) is 0 Å². The maximum absolute atomic E-state index is 11.6. The molecule has 0 saturated carbocycles. The molecule has 3 amide bonds. The van der Waals surface area contributed by atoms with Gasteiger partial charge in [-0.25, -0.2) is 4.79 Å². The summed E-state index contributed by atoms with van der Waals surface area (Å²) in [6, 6.07) is 6.70. The van der Waals surface area contributed by atoms with E-state index in [1.54, 1.807) is 12.1 Å². The maximum atomic E-state index is 11.6. The number of esters is 1. The van der Waals surface area contributed by atoms with Crippen LogP contribution in [0, 0.1) is 0 Å². The molecule has 0 heterocycles. The first-order chi connectivity index (χ1) is 11.5. The van der Waals surface area contributed by atoms with Crippen LogP contribution in [0.5, 0.6) is 0 Å². The van der Waals surface area contributed by atoms with Crippen molar-refractivity contribution >= 4 is 41.3 Å². The van der Waals surface area contributed by atoms with Gasteiger partial charge in [0.1, 0.15) is 0 Å². The third-order valence-corrected chi connectivity index (χ3v) is 4.09. The van der Waals surface area contributed by atoms with Crippen LogP contribution in [0.4, 0.5) is 4.79 Å². The number of rotatable bonds is 9. The molecule has 0 atom stereocenters. The fourth-order valence-electron chi connectivity index (χ4n) is 1.59. The number of imide groups is 1. The number of carbonyl (C=O) groups excluding carboxylic acids is 3. The molecule has 0 saturated heterocycles. The number of hydrogen-bond donors (Lipinski definition) is 2. The molecule has 0 fully saturated rings. The highest BCUT2D eigenvalue weighted by molar-refractivity contribution is 7.99. The lowest BCUT2D eigenvalue weighted by atomic mass is 10.3. The predicted molar refractivity (Wildman–Crippen MR) is 94.2 cm³/mol. The Morgan fingerprint density at radius 3 is 2.58 bits per heavy atom. The molecule has 0 aromatic heterocycles. The smallest absolute Gasteiger partial charge is 0.321 e. The lowest BCUT2D eigenvalue weighted by molar-refractivity contribution is -0.147. The number of urea groups is 1. The number of unbranched alkanes of at least 4 members (excludes halogenated alkanes) is 1. The molecule has 6 nitrogen and oxygen atoms in total. The van der Waals surface area contributed by atoms with Gasteiger partial charge >= 0.3 is 12.0 Å². The number of hydrogen-bond acceptors (Lipinski definition) is 5. The van der Waals surface area contributed by atoms with E-state index in [1.807, 2.05) is 19.1 Å². The van der Waals surface area contributed by atoms with Gasteiger partial charge in [-0.1, -0.05) is 24.9 Å². The minimum Gasteiger partial charge on any atom is -0.456 e. The number of amides is 3. The lowest BCUT2D eigenvalue weighted by Crippen LogP contribution is -2.41. The molecule has 2 N–H and O–H groups in total. The SMILES string of the molecule is CCCCNC(=O)NC(=O)COC(=O)CCSc1ccc(Cl)cc1. The summed E-state index contributed by atoms with van der Waals surface area (Å²) < 4.78 is 4.82. The molecule has 1 rings (SSSR count). The minimum absolute atomic E-state index is 0.170. The van der Waals surface area contributed by atoms with Gasteiger partial charge < -0.3 is 10.1 Å². The van der Waals surface area contributed by atoms with Gasteiger partial charge in [0, 0.05) is 22.2 Å². The zero-order valence-corrected chi connectivity index (χ0v) is 15.0. The molecule has 0 bridgehead atoms. The van der Waals surface area contributed by atoms with Crippen molar-refractivity contribution in [3.05, 3.63) is 29.3 Å². The number of thioether (sulfide) groups is 1. The minimum atomic E-state index is -0.650. The van der Waals surface area contributed by atoms with E-state index >= 15 is 0 Å². The first-order valence-corrected chi connectivity index (χ1v) is 8.99. The zero-order valence-electron chi connectivity index (χ0n) is 13.5. The monoisotopic (exact) mass is 372 g/mol. The van der Waals surface area contributed by atoms with E-state index in [0.717, 1.165) is 17.7 Å². The summed E-state index contributed by atoms with van der Waals surface area (Å²) in [7, 11) is 0. The maximum Gasteiger partial charge on any atom is 0.321 e. The molecule has 1 aromatic rings. The summed E-state index contributed by atoms with van der Waals surface area (Å²) in [5.74, 6) is -0.611. The molecular formula is C16H21ClN2O4S. The van der Waals surface area contributed by atoms with E-state index in [2.05, 4.69) is 10.6 Å². The molecule has 0 unspecified atom stereocenters. The Morgan fingerprint density at radius 1 is 1.21 bits per heavy atom. The van der Waals surface area contributed by atoms with E-state index in [-0.39, 0.29) is 6.42 Å². The fourth-order valence-corrected chi connectivity index (χ4v) is 2.55. The summed E-state index contributed by atoms with van der Waals surface area (Å²) in [6.07, 6.45) is 1.95. The van der Waals surface area contributed by atoms with Crippen LogP contribution in [-0.4, -0.2) is 36.8 Å². The molecule has 0 aliphatic carbocycles. The third kappa shape index (κ3) is 9.42. The van der Waals surface area contributed by atoms with Crippen molar-refractivity contribution in [2.45, 2.75) is 31.1 Å². The summed E-state index contributed by atoms with van der Waals surface area (Å²) in [5, 5.41) is 5.29. The van der Waals surface area contributed by atoms with Crippen LogP contribution in [0.3, 0.4) is 0 Å². The predicted octanol–water partition coefficient (Wildman–Crippen LogP) is 2.99. The number of benzene rings is 1. The van der Waals surface area contributed by atoms with E-state index in [9.17, 15) is 14.4 Å². The van der Waals surface area contributed by atoms with Gasteiger partial charge in [0.25, 0.3) is 5.91 Å². The molecule has 132 valence electrons. The Labute approximate surface area is 150 Å². The van der Waals surface area contributed by atoms with Crippen molar-refractivity contribution in [2.24, 2.45) is 0 Å². The Morgan fingerprint density at radius 2 is 1.92 bits per heavy atom. The standard InChI is InChI=1S/C16H21ClN2O4S/c1-2-3-9-18-16(22)19-14(20)11-23-15(21)8-10-24-13-6-4-12(17)5-7-13/h4-7H,2-3,8-11H2,1H3,(H2,18,19,20,22). The first-order valence-electron chi connectivity index (χ1n) is 7.63. The normalized spacial score (nSPS) is 10.1. The van der Waals surface area contributed by atoms with Gasteiger partial charge in [-0.3, -0.25) is 14.9 Å². The van der Waals surface area contributed by atoms with Gasteiger partial charge in [-0.05, 0) is 30.7 Å². The van der Waals surface area contributed by atoms with Gasteiger partial charge in [-0.15, -0.1) is 11.8 Å². The van der Waals surface area contributed by atoms with Crippen molar-refractivity contribution in [2.75, 3.05) is 18.9 Å². The van der Waals surface area contributed by atoms with Crippen LogP contribution in [0.1, 0.15) is 26.2 Å². The zero-order chi connectivity index (χ0) is 17.8. The van der Waals surface area contributed by atoms with Crippen molar-refractivity contribution in [1.82, 2.24) is 10.6 Å². The van der Waals surface area contributed by atoms with Crippen LogP contribution in [0.2, 0.25) is 5.02 Å². The van der Waals surface area contributed by atoms with Gasteiger partial charge in [-0.2, -0.15) is 0 Å². The average Bonchev–Trinajstić information content (AvgIpc) is 2.55. The van der Waals surface area contributed by atoms with Crippen LogP contribution < -0.4 is 10.6 Å². The average molecular weight is 373 g/mol. The van der Waals surface area contributed by atoms with E-state index in [1.165, 1.54) is 11.8 Å². The van der Waals surface area contributed by atoms with Crippen LogP contribution in [0.15, 0.2) is 29.2 Å². The van der Waals surface area contributed by atoms with Crippen molar-refractivity contribution in [3.63, 3.8) is 0 Å². The Hall–Kier alpha value is -1.73. The Bertz CT molecular complexity index is 552. The second-order valence-electron chi connectivity index (χ2n) is 4.87. The van der Waals surface area contributed by atoms with Crippen molar-refractivity contribution in [1.29, 1.82) is 0 Å². The Kier molecular flexibility index (Phi) is 9.95. The molecule has 0 radical (unpaired) electrons. The summed E-state index contributed by atoms with van der Waals surface area (Å²) in [5.41, 5.74) is 0. The number of carbonyl (C=O) groups is 3. The van der Waals surface area contributed by atoms with E-state index in [0.29, 0.717) is 17.3 Å². The van der Waals surface area contributed by atoms with Crippen LogP contribution in [0.25, 0.3) is 0 Å². The largest absolute Gasteiger partial charge is 0.456 e. The molecule has 0 spiro atoms. The second kappa shape index (κ2) is 11.8. The highest BCUT2D eigenvalue weighted by atomic mass is 35.5. The highest BCUT2D eigenvalue weighted by Gasteiger charge is 2.10. The van der Waals surface area contributed by atoms with Gasteiger partial charge in [0.15, 0.2) is 6.61 Å². The number of ether oxygens (including phenoxy) is 1. The van der Waals surface area contributed by atoms with E-state index < -0.39 is 24.5 Å².